The van der Waals surface area contributed by atoms with Crippen LogP contribution in [0.25, 0.3) is 0 Å². The van der Waals surface area contributed by atoms with Crippen LogP contribution >= 0.6 is 0 Å². The van der Waals surface area contributed by atoms with Crippen LogP contribution in [-0.2, 0) is 0 Å². The lowest BCUT2D eigenvalue weighted by atomic mass is 9.95. The summed E-state index contributed by atoms with van der Waals surface area (Å²) in [6, 6.07) is 0.929. The van der Waals surface area contributed by atoms with E-state index in [2.05, 4.69) is 21.0 Å². The van der Waals surface area contributed by atoms with Gasteiger partial charge in [-0.2, -0.15) is 0 Å². The fraction of sp³-hybridized carbons (Fsp3) is 1.00. The van der Waals surface area contributed by atoms with Crippen LogP contribution in [0.5, 0.6) is 0 Å². The van der Waals surface area contributed by atoms with Crippen molar-refractivity contribution in [3.8, 4) is 0 Å². The van der Waals surface area contributed by atoms with Gasteiger partial charge in [0.1, 0.15) is 0 Å². The Morgan fingerprint density at radius 2 is 1.14 bits per heavy atom. The van der Waals surface area contributed by atoms with E-state index in [0.29, 0.717) is 0 Å². The molecule has 0 aromatic carbocycles. The topological polar surface area (TPSA) is 0 Å². The second-order valence-corrected chi connectivity index (χ2v) is 7.98. The fourth-order valence-corrected chi connectivity index (χ4v) is 3.97. The molecule has 0 unspecified atom stereocenters. The highest BCUT2D eigenvalue weighted by molar-refractivity contribution is 4.63. The van der Waals surface area contributed by atoms with E-state index in [9.17, 15) is 0 Å². The molecule has 1 aliphatic rings. The lowest BCUT2D eigenvalue weighted by Crippen LogP contribution is -2.49. The first kappa shape index (κ1) is 19.0. The Balaban J connectivity index is 2.27. The van der Waals surface area contributed by atoms with Gasteiger partial charge in [0.25, 0.3) is 0 Å². The van der Waals surface area contributed by atoms with Crippen LogP contribution in [0.2, 0.25) is 0 Å². The second kappa shape index (κ2) is 11.5. The Labute approximate surface area is 135 Å². The molecule has 0 aliphatic heterocycles. The highest BCUT2D eigenvalue weighted by Crippen LogP contribution is 2.24. The maximum atomic E-state index is 2.50. The van der Waals surface area contributed by atoms with Gasteiger partial charge in [-0.3, -0.25) is 0 Å². The zero-order valence-electron chi connectivity index (χ0n) is 15.3. The average molecular weight is 297 g/mol. The normalized spacial score (nSPS) is 19.6. The molecule has 0 spiro atoms. The summed E-state index contributed by atoms with van der Waals surface area (Å²) in [5.74, 6) is 0. The summed E-state index contributed by atoms with van der Waals surface area (Å²) >= 11 is 0. The Kier molecular flexibility index (Phi) is 10.4. The van der Waals surface area contributed by atoms with Gasteiger partial charge in [0.2, 0.25) is 0 Å². The van der Waals surface area contributed by atoms with Crippen molar-refractivity contribution in [1.29, 1.82) is 0 Å². The van der Waals surface area contributed by atoms with Crippen LogP contribution in [0.1, 0.15) is 103 Å². The van der Waals surface area contributed by atoms with Gasteiger partial charge in [0.05, 0.1) is 26.7 Å². The zero-order chi connectivity index (χ0) is 15.4. The van der Waals surface area contributed by atoms with E-state index >= 15 is 0 Å². The summed E-state index contributed by atoms with van der Waals surface area (Å²) in [6.07, 6.45) is 21.9. The lowest BCUT2D eigenvalue weighted by molar-refractivity contribution is -0.916. The number of hydrogen-bond donors (Lipinski definition) is 0. The number of quaternary nitrogens is 1. The quantitative estimate of drug-likeness (QED) is 0.363. The van der Waals surface area contributed by atoms with Crippen molar-refractivity contribution in [2.45, 2.75) is 109 Å². The van der Waals surface area contributed by atoms with Crippen LogP contribution in [0.15, 0.2) is 0 Å². The van der Waals surface area contributed by atoms with Crippen molar-refractivity contribution in [3.63, 3.8) is 0 Å². The van der Waals surface area contributed by atoms with E-state index in [1.54, 1.807) is 0 Å². The molecule has 0 amide bonds. The molecule has 0 aromatic rings. The molecular formula is C20H42N+. The van der Waals surface area contributed by atoms with Crippen molar-refractivity contribution >= 4 is 0 Å². The van der Waals surface area contributed by atoms with Crippen LogP contribution in [0.3, 0.4) is 0 Å². The van der Waals surface area contributed by atoms with Crippen molar-refractivity contribution in [2.75, 3.05) is 20.6 Å². The molecule has 0 bridgehead atoms. The third-order valence-electron chi connectivity index (χ3n) is 5.65. The van der Waals surface area contributed by atoms with Gasteiger partial charge in [-0.25, -0.2) is 0 Å². The minimum absolute atomic E-state index is 0.929. The van der Waals surface area contributed by atoms with Crippen molar-refractivity contribution in [3.05, 3.63) is 0 Å². The van der Waals surface area contributed by atoms with Gasteiger partial charge in [0, 0.05) is 0 Å². The maximum Gasteiger partial charge on any atom is 0.0886 e. The Morgan fingerprint density at radius 3 is 1.71 bits per heavy atom. The minimum atomic E-state index is 0.929. The zero-order valence-corrected chi connectivity index (χ0v) is 15.3. The van der Waals surface area contributed by atoms with E-state index < -0.39 is 0 Å². The van der Waals surface area contributed by atoms with E-state index in [4.69, 9.17) is 0 Å². The molecule has 1 fully saturated rings. The first-order chi connectivity index (χ1) is 10.2. The predicted octanol–water partition coefficient (Wildman–Crippen LogP) is 6.32. The molecule has 0 aromatic heterocycles. The molecule has 1 nitrogen and oxygen atoms in total. The molecular weight excluding hydrogens is 254 g/mol. The summed E-state index contributed by atoms with van der Waals surface area (Å²) in [7, 11) is 5.00. The van der Waals surface area contributed by atoms with Crippen molar-refractivity contribution in [2.24, 2.45) is 0 Å². The molecule has 1 aliphatic carbocycles. The highest BCUT2D eigenvalue weighted by Gasteiger charge is 2.27. The molecule has 0 saturated heterocycles. The summed E-state index contributed by atoms with van der Waals surface area (Å²) in [6.45, 7) is 3.70. The predicted molar refractivity (Wildman–Crippen MR) is 95.7 cm³/mol. The van der Waals surface area contributed by atoms with Gasteiger partial charge in [0.15, 0.2) is 0 Å². The van der Waals surface area contributed by atoms with E-state index in [1.165, 1.54) is 107 Å². The maximum absolute atomic E-state index is 2.50. The van der Waals surface area contributed by atoms with Gasteiger partial charge in [-0.05, 0) is 38.5 Å². The third-order valence-corrected chi connectivity index (χ3v) is 5.65. The number of unbranched alkanes of at least 4 members (excludes halogenated alkanes) is 5. The Morgan fingerprint density at radius 1 is 0.667 bits per heavy atom. The number of nitrogens with zero attached hydrogens (tertiary/aromatic N) is 1. The molecule has 0 radical (unpaired) electrons. The second-order valence-electron chi connectivity index (χ2n) is 7.98. The van der Waals surface area contributed by atoms with Crippen LogP contribution in [-0.4, -0.2) is 31.2 Å². The molecule has 0 N–H and O–H groups in total. The Hall–Kier alpha value is -0.0400. The van der Waals surface area contributed by atoms with Crippen molar-refractivity contribution < 1.29 is 4.48 Å². The summed E-state index contributed by atoms with van der Waals surface area (Å²) < 4.78 is 1.29. The standard InChI is InChI=1S/C20H42N/c1-4-5-6-7-13-16-19-21(2,3)20-17-14-11-9-8-10-12-15-18-20/h20H,4-19H2,1-3H3/q+1. The number of hydrogen-bond acceptors (Lipinski definition) is 0. The molecule has 126 valence electrons. The first-order valence-electron chi connectivity index (χ1n) is 9.99. The van der Waals surface area contributed by atoms with Gasteiger partial charge in [-0.15, -0.1) is 0 Å². The SMILES string of the molecule is CCCCCCCC[N+](C)(C)C1CCCCCCCCC1. The minimum Gasteiger partial charge on any atom is -0.326 e. The Bertz CT molecular complexity index is 224. The monoisotopic (exact) mass is 296 g/mol. The summed E-state index contributed by atoms with van der Waals surface area (Å²) in [4.78, 5) is 0. The highest BCUT2D eigenvalue weighted by atomic mass is 15.3. The van der Waals surface area contributed by atoms with Gasteiger partial charge >= 0.3 is 0 Å². The van der Waals surface area contributed by atoms with Gasteiger partial charge < -0.3 is 4.48 Å². The smallest absolute Gasteiger partial charge is 0.0886 e. The molecule has 1 saturated carbocycles. The fourth-order valence-electron chi connectivity index (χ4n) is 3.97. The van der Waals surface area contributed by atoms with E-state index in [0.717, 1.165) is 6.04 Å². The summed E-state index contributed by atoms with van der Waals surface area (Å²) in [5, 5.41) is 0. The molecule has 0 atom stereocenters. The van der Waals surface area contributed by atoms with Crippen LogP contribution < -0.4 is 0 Å². The molecule has 1 rings (SSSR count). The lowest BCUT2D eigenvalue weighted by Gasteiger charge is -2.39. The van der Waals surface area contributed by atoms with E-state index in [1.807, 2.05) is 0 Å². The molecule has 1 heteroatoms. The van der Waals surface area contributed by atoms with Crippen LogP contribution in [0, 0.1) is 0 Å². The molecule has 21 heavy (non-hydrogen) atoms. The summed E-state index contributed by atoms with van der Waals surface area (Å²) in [5.41, 5.74) is 0. The third kappa shape index (κ3) is 8.86. The van der Waals surface area contributed by atoms with E-state index in [-0.39, 0.29) is 0 Å². The van der Waals surface area contributed by atoms with Gasteiger partial charge in [-0.1, -0.05) is 64.7 Å². The van der Waals surface area contributed by atoms with Crippen LogP contribution in [0.4, 0.5) is 0 Å². The molecule has 0 heterocycles. The largest absolute Gasteiger partial charge is 0.326 e. The number of rotatable bonds is 8. The first-order valence-corrected chi connectivity index (χ1v) is 9.99. The van der Waals surface area contributed by atoms with Crippen molar-refractivity contribution in [1.82, 2.24) is 0 Å². The average Bonchev–Trinajstić information content (AvgIpc) is 2.48.